The zero-order valence-corrected chi connectivity index (χ0v) is 22.4. The Bertz CT molecular complexity index is 1570. The van der Waals surface area contributed by atoms with Crippen LogP contribution in [0.25, 0.3) is 16.6 Å². The van der Waals surface area contributed by atoms with Gasteiger partial charge in [-0.1, -0.05) is 23.7 Å². The lowest BCUT2D eigenvalue weighted by Gasteiger charge is -2.30. The number of nitrogens with zero attached hydrogens (tertiary/aromatic N) is 4. The summed E-state index contributed by atoms with van der Waals surface area (Å²) in [7, 11) is 1.50. The Balaban J connectivity index is 1.87. The summed E-state index contributed by atoms with van der Waals surface area (Å²) >= 11 is 5.97. The monoisotopic (exact) mass is 550 g/mol. The lowest BCUT2D eigenvalue weighted by Crippen LogP contribution is -2.39. The van der Waals surface area contributed by atoms with Gasteiger partial charge in [0.05, 0.1) is 40.8 Å². The number of rotatable bonds is 10. The number of halogens is 1. The van der Waals surface area contributed by atoms with Gasteiger partial charge in [-0.3, -0.25) is 24.3 Å². The molecular weight excluding hydrogens is 524 g/mol. The van der Waals surface area contributed by atoms with E-state index in [1.165, 1.54) is 28.7 Å². The highest BCUT2D eigenvalue weighted by atomic mass is 35.5. The van der Waals surface area contributed by atoms with Crippen molar-refractivity contribution in [3.8, 4) is 11.4 Å². The minimum atomic E-state index is -0.730. The van der Waals surface area contributed by atoms with Crippen LogP contribution in [0.2, 0.25) is 5.02 Å². The molecule has 3 aromatic carbocycles. The fraction of sp³-hybridized carbons (Fsp3) is 0.250. The number of para-hydroxylation sites is 1. The maximum atomic E-state index is 13.8. The van der Waals surface area contributed by atoms with E-state index in [4.69, 9.17) is 26.1 Å². The van der Waals surface area contributed by atoms with E-state index in [0.29, 0.717) is 34.8 Å². The number of amides is 1. The Labute approximate surface area is 229 Å². The summed E-state index contributed by atoms with van der Waals surface area (Å²) in [6, 6.07) is 17.2. The number of nitro benzene ring substituents is 1. The summed E-state index contributed by atoms with van der Waals surface area (Å²) < 4.78 is 12.3. The van der Waals surface area contributed by atoms with Crippen LogP contribution in [0.3, 0.4) is 0 Å². The van der Waals surface area contributed by atoms with Gasteiger partial charge in [-0.15, -0.1) is 0 Å². The molecule has 11 heteroatoms. The van der Waals surface area contributed by atoms with Crippen molar-refractivity contribution in [2.24, 2.45) is 0 Å². The third kappa shape index (κ3) is 5.76. The molecule has 0 saturated heterocycles. The molecular formula is C28H27ClN4O6. The molecule has 1 unspecified atom stereocenters. The molecule has 4 aromatic rings. The topological polar surface area (TPSA) is 117 Å². The lowest BCUT2D eigenvalue weighted by molar-refractivity contribution is -0.384. The van der Waals surface area contributed by atoms with Gasteiger partial charge in [-0.05, 0) is 62.4 Å². The highest BCUT2D eigenvalue weighted by Gasteiger charge is 2.29. The molecule has 0 bridgehead atoms. The molecule has 1 aromatic heterocycles. The van der Waals surface area contributed by atoms with Crippen molar-refractivity contribution in [1.29, 1.82) is 0 Å². The van der Waals surface area contributed by atoms with Crippen LogP contribution in [0.5, 0.6) is 5.75 Å². The zero-order chi connectivity index (χ0) is 28.1. The number of nitro groups is 1. The number of carbonyl (C=O) groups is 1. The third-order valence-corrected chi connectivity index (χ3v) is 6.56. The van der Waals surface area contributed by atoms with E-state index in [0.717, 1.165) is 6.07 Å². The van der Waals surface area contributed by atoms with Gasteiger partial charge < -0.3 is 14.4 Å². The molecule has 0 aliphatic rings. The van der Waals surface area contributed by atoms with E-state index in [9.17, 15) is 19.7 Å². The van der Waals surface area contributed by atoms with Crippen LogP contribution >= 0.6 is 11.6 Å². The first-order valence-electron chi connectivity index (χ1n) is 12.3. The predicted molar refractivity (Wildman–Crippen MR) is 148 cm³/mol. The smallest absolute Gasteiger partial charge is 0.288 e. The van der Waals surface area contributed by atoms with E-state index < -0.39 is 16.9 Å². The molecule has 1 amide bonds. The summed E-state index contributed by atoms with van der Waals surface area (Å²) in [5, 5.41) is 11.8. The van der Waals surface area contributed by atoms with Gasteiger partial charge in [-0.25, -0.2) is 4.98 Å². The predicted octanol–water partition coefficient (Wildman–Crippen LogP) is 5.20. The molecule has 0 N–H and O–H groups in total. The van der Waals surface area contributed by atoms with Crippen molar-refractivity contribution in [3.63, 3.8) is 0 Å². The lowest BCUT2D eigenvalue weighted by atomic mass is 10.1. The van der Waals surface area contributed by atoms with Gasteiger partial charge in [0.2, 0.25) is 0 Å². The average Bonchev–Trinajstić information content (AvgIpc) is 2.94. The maximum Gasteiger partial charge on any atom is 0.288 e. The number of aromatic nitrogens is 2. The molecule has 1 atom stereocenters. The Morgan fingerprint density at radius 2 is 1.87 bits per heavy atom. The zero-order valence-electron chi connectivity index (χ0n) is 21.7. The minimum Gasteiger partial charge on any atom is -0.494 e. The van der Waals surface area contributed by atoms with Gasteiger partial charge in [0.1, 0.15) is 16.6 Å². The molecule has 202 valence electrons. The molecule has 1 heterocycles. The first kappa shape index (κ1) is 27.7. The van der Waals surface area contributed by atoms with Crippen LogP contribution in [0.15, 0.2) is 71.5 Å². The molecule has 0 fully saturated rings. The minimum absolute atomic E-state index is 0.0739. The van der Waals surface area contributed by atoms with Crippen molar-refractivity contribution in [2.75, 3.05) is 26.9 Å². The Morgan fingerprint density at radius 1 is 1.15 bits per heavy atom. The van der Waals surface area contributed by atoms with E-state index in [1.54, 1.807) is 55.5 Å². The number of hydrogen-bond donors (Lipinski definition) is 0. The molecule has 0 radical (unpaired) electrons. The van der Waals surface area contributed by atoms with Crippen LogP contribution < -0.4 is 10.3 Å². The first-order chi connectivity index (χ1) is 18.8. The summed E-state index contributed by atoms with van der Waals surface area (Å²) in [4.78, 5) is 44.6. The van der Waals surface area contributed by atoms with Gasteiger partial charge >= 0.3 is 0 Å². The van der Waals surface area contributed by atoms with E-state index in [-0.39, 0.29) is 35.0 Å². The van der Waals surface area contributed by atoms with Gasteiger partial charge in [0.25, 0.3) is 17.2 Å². The second-order valence-electron chi connectivity index (χ2n) is 8.65. The highest BCUT2D eigenvalue weighted by molar-refractivity contribution is 6.32. The largest absolute Gasteiger partial charge is 0.494 e. The van der Waals surface area contributed by atoms with Crippen LogP contribution in [0.1, 0.15) is 36.1 Å². The molecule has 39 heavy (non-hydrogen) atoms. The van der Waals surface area contributed by atoms with E-state index >= 15 is 0 Å². The fourth-order valence-electron chi connectivity index (χ4n) is 4.29. The highest BCUT2D eigenvalue weighted by Crippen LogP contribution is 2.29. The maximum absolute atomic E-state index is 13.8. The summed E-state index contributed by atoms with van der Waals surface area (Å²) in [5.41, 5.74) is 0.423. The Morgan fingerprint density at radius 3 is 2.54 bits per heavy atom. The van der Waals surface area contributed by atoms with Gasteiger partial charge in [0.15, 0.2) is 0 Å². The molecule has 0 spiro atoms. The molecule has 0 aliphatic heterocycles. The summed E-state index contributed by atoms with van der Waals surface area (Å²) in [6.07, 6.45) is 0. The van der Waals surface area contributed by atoms with Crippen LogP contribution in [-0.2, 0) is 4.74 Å². The summed E-state index contributed by atoms with van der Waals surface area (Å²) in [6.45, 7) is 4.45. The molecule has 10 nitrogen and oxygen atoms in total. The van der Waals surface area contributed by atoms with E-state index in [1.807, 2.05) is 6.92 Å². The molecule has 0 saturated carbocycles. The van der Waals surface area contributed by atoms with Crippen molar-refractivity contribution in [3.05, 3.63) is 104 Å². The normalized spacial score (nSPS) is 11.8. The number of ether oxygens (including phenoxy) is 2. The SMILES string of the molecule is CCOc1ccc(-n2c(C(C)N(CCOC)C(=O)c3ccc(Cl)c([N+](=O)[O-])c3)nc3ccccc3c2=O)cc1. The Kier molecular flexibility index (Phi) is 8.58. The number of fused-ring (bicyclic) bond motifs is 1. The number of hydrogen-bond acceptors (Lipinski definition) is 7. The third-order valence-electron chi connectivity index (χ3n) is 6.24. The molecule has 4 rings (SSSR count). The summed E-state index contributed by atoms with van der Waals surface area (Å²) in [5.74, 6) is 0.467. The van der Waals surface area contributed by atoms with Crippen LogP contribution in [-0.4, -0.2) is 52.1 Å². The van der Waals surface area contributed by atoms with Crippen molar-refractivity contribution >= 4 is 34.1 Å². The number of benzene rings is 3. The average molecular weight is 551 g/mol. The fourth-order valence-corrected chi connectivity index (χ4v) is 4.48. The molecule has 0 aliphatic carbocycles. The van der Waals surface area contributed by atoms with Crippen LogP contribution in [0.4, 0.5) is 5.69 Å². The standard InChI is InChI=1S/C28H27ClN4O6/c1-4-39-21-12-10-20(11-13-21)32-26(30-24-8-6-5-7-22(24)28(32)35)18(2)31(15-16-38-3)27(34)19-9-14-23(29)25(17-19)33(36)37/h5-14,17-18H,4,15-16H2,1-3H3. The quantitative estimate of drug-likeness (QED) is 0.197. The Hall–Kier alpha value is -4.28. The van der Waals surface area contributed by atoms with Gasteiger partial charge in [-0.2, -0.15) is 0 Å². The second kappa shape index (κ2) is 12.1. The van der Waals surface area contributed by atoms with Crippen molar-refractivity contribution in [2.45, 2.75) is 19.9 Å². The number of carbonyl (C=O) groups excluding carboxylic acids is 1. The van der Waals surface area contributed by atoms with Crippen molar-refractivity contribution in [1.82, 2.24) is 14.5 Å². The second-order valence-corrected chi connectivity index (χ2v) is 9.05. The van der Waals surface area contributed by atoms with Crippen LogP contribution in [0, 0.1) is 10.1 Å². The van der Waals surface area contributed by atoms with E-state index in [2.05, 4.69) is 0 Å². The number of methoxy groups -OCH3 is 1. The first-order valence-corrected chi connectivity index (χ1v) is 12.6. The van der Waals surface area contributed by atoms with Crippen molar-refractivity contribution < 1.29 is 19.2 Å². The van der Waals surface area contributed by atoms with Gasteiger partial charge in [0, 0.05) is 25.3 Å².